The molecule has 1 aromatic rings. The molecule has 36 heavy (non-hydrogen) atoms. The van der Waals surface area contributed by atoms with Gasteiger partial charge >= 0.3 is 12.1 Å². The van der Waals surface area contributed by atoms with Crippen LogP contribution in [-0.4, -0.2) is 59.1 Å². The van der Waals surface area contributed by atoms with E-state index >= 15 is 0 Å². The van der Waals surface area contributed by atoms with Crippen LogP contribution in [0.25, 0.3) is 0 Å². The number of benzene rings is 1. The Kier molecular flexibility index (Phi) is 11.4. The van der Waals surface area contributed by atoms with Crippen molar-refractivity contribution in [3.05, 3.63) is 35.4 Å². The van der Waals surface area contributed by atoms with Crippen molar-refractivity contribution in [2.45, 2.75) is 98.4 Å². The molecule has 2 N–H and O–H groups in total. The zero-order valence-electron chi connectivity index (χ0n) is 23.2. The molecule has 202 valence electrons. The Hall–Kier alpha value is -3.10. The number of nitrogens with one attached hydrogen (secondary N) is 2. The molecular formula is C27H43N3O6. The van der Waals surface area contributed by atoms with E-state index in [4.69, 9.17) is 9.47 Å². The van der Waals surface area contributed by atoms with E-state index < -0.39 is 47.1 Å². The van der Waals surface area contributed by atoms with Gasteiger partial charge in [-0.15, -0.1) is 0 Å². The van der Waals surface area contributed by atoms with Gasteiger partial charge < -0.3 is 25.0 Å². The number of hydrogen-bond acceptors (Lipinski definition) is 6. The minimum atomic E-state index is -0.988. The van der Waals surface area contributed by atoms with E-state index in [9.17, 15) is 19.2 Å². The molecule has 9 heteroatoms. The minimum absolute atomic E-state index is 0.0157. The molecule has 1 aromatic carbocycles. The maximum atomic E-state index is 13.8. The predicted molar refractivity (Wildman–Crippen MR) is 138 cm³/mol. The summed E-state index contributed by atoms with van der Waals surface area (Å²) in [7, 11) is 0. The molecule has 0 aliphatic rings. The molecule has 0 saturated heterocycles. The molecule has 2 atom stereocenters. The Morgan fingerprint density at radius 2 is 1.69 bits per heavy atom. The lowest BCUT2D eigenvalue weighted by molar-refractivity contribution is -0.149. The first-order valence-electron chi connectivity index (χ1n) is 12.5. The van der Waals surface area contributed by atoms with Crippen LogP contribution in [0.3, 0.4) is 0 Å². The smallest absolute Gasteiger partial charge is 0.408 e. The third kappa shape index (κ3) is 9.51. The van der Waals surface area contributed by atoms with Gasteiger partial charge in [-0.25, -0.2) is 4.79 Å². The average Bonchev–Trinajstić information content (AvgIpc) is 2.75. The van der Waals surface area contributed by atoms with E-state index in [2.05, 4.69) is 10.6 Å². The molecule has 0 bridgehead atoms. The molecule has 9 nitrogen and oxygen atoms in total. The zero-order chi connectivity index (χ0) is 27.7. The highest BCUT2D eigenvalue weighted by atomic mass is 16.6. The zero-order valence-corrected chi connectivity index (χ0v) is 23.2. The summed E-state index contributed by atoms with van der Waals surface area (Å²) in [5, 5.41) is 5.38. The molecule has 0 heterocycles. The lowest BCUT2D eigenvalue weighted by Gasteiger charge is -2.44. The molecule has 0 saturated carbocycles. The maximum Gasteiger partial charge on any atom is 0.408 e. The van der Waals surface area contributed by atoms with Crippen LogP contribution >= 0.6 is 0 Å². The van der Waals surface area contributed by atoms with E-state index in [0.29, 0.717) is 12.0 Å². The van der Waals surface area contributed by atoms with Crippen LogP contribution in [0.15, 0.2) is 24.3 Å². The predicted octanol–water partition coefficient (Wildman–Crippen LogP) is 4.04. The van der Waals surface area contributed by atoms with Crippen molar-refractivity contribution in [2.24, 2.45) is 0 Å². The standard InChI is InChI=1S/C27H43N3O6/c1-10-27(8,9)30(24(33)19(4)29-25(34)36-26(5,6)7)22(20-14-12-13-18(3)17-20)23(32)28-16-15-21(31)35-11-2/h12-14,17,19,22H,10-11,15-16H2,1-9H3,(H,28,32)(H,29,34). The number of rotatable bonds is 11. The fourth-order valence-corrected chi connectivity index (χ4v) is 3.58. The Morgan fingerprint density at radius 1 is 1.06 bits per heavy atom. The lowest BCUT2D eigenvalue weighted by Crippen LogP contribution is -2.58. The van der Waals surface area contributed by atoms with Crippen molar-refractivity contribution in [1.82, 2.24) is 15.5 Å². The summed E-state index contributed by atoms with van der Waals surface area (Å²) in [4.78, 5) is 53.0. The van der Waals surface area contributed by atoms with E-state index in [0.717, 1.165) is 5.56 Å². The summed E-state index contributed by atoms with van der Waals surface area (Å²) < 4.78 is 10.2. The molecule has 0 aliphatic carbocycles. The second-order valence-corrected chi connectivity index (χ2v) is 10.4. The average molecular weight is 506 g/mol. The fourth-order valence-electron chi connectivity index (χ4n) is 3.58. The van der Waals surface area contributed by atoms with E-state index in [1.165, 1.54) is 4.90 Å². The summed E-state index contributed by atoms with van der Waals surface area (Å²) in [6, 6.07) is 5.44. The fraction of sp³-hybridized carbons (Fsp3) is 0.630. The van der Waals surface area contributed by atoms with Crippen LogP contribution in [0.1, 0.15) is 85.4 Å². The monoisotopic (exact) mass is 505 g/mol. The number of carbonyl (C=O) groups excluding carboxylic acids is 4. The van der Waals surface area contributed by atoms with Gasteiger partial charge in [0.15, 0.2) is 0 Å². The third-order valence-electron chi connectivity index (χ3n) is 5.66. The van der Waals surface area contributed by atoms with Crippen LogP contribution < -0.4 is 10.6 Å². The first-order chi connectivity index (χ1) is 16.6. The second-order valence-electron chi connectivity index (χ2n) is 10.4. The summed E-state index contributed by atoms with van der Waals surface area (Å²) in [5.74, 6) is -1.27. The van der Waals surface area contributed by atoms with Gasteiger partial charge in [-0.1, -0.05) is 36.8 Å². The summed E-state index contributed by atoms with van der Waals surface area (Å²) in [5.41, 5.74) is 0.0906. The van der Waals surface area contributed by atoms with Gasteiger partial charge in [-0.2, -0.15) is 0 Å². The topological polar surface area (TPSA) is 114 Å². The highest BCUT2D eigenvalue weighted by Gasteiger charge is 2.42. The van der Waals surface area contributed by atoms with Crippen LogP contribution in [0.4, 0.5) is 4.79 Å². The molecule has 3 amide bonds. The largest absolute Gasteiger partial charge is 0.466 e. The van der Waals surface area contributed by atoms with E-state index in [1.54, 1.807) is 40.7 Å². The summed E-state index contributed by atoms with van der Waals surface area (Å²) in [6.07, 6.45) is -0.151. The summed E-state index contributed by atoms with van der Waals surface area (Å²) >= 11 is 0. The molecule has 0 aromatic heterocycles. The Labute approximate surface area is 215 Å². The Balaban J connectivity index is 3.37. The molecule has 0 fully saturated rings. The van der Waals surface area contributed by atoms with Crippen LogP contribution in [0.5, 0.6) is 0 Å². The first-order valence-corrected chi connectivity index (χ1v) is 12.5. The van der Waals surface area contributed by atoms with E-state index in [1.807, 2.05) is 45.9 Å². The van der Waals surface area contributed by atoms with Crippen molar-refractivity contribution < 1.29 is 28.7 Å². The van der Waals surface area contributed by atoms with Gasteiger partial charge in [-0.3, -0.25) is 14.4 Å². The molecule has 1 rings (SSSR count). The second kappa shape index (κ2) is 13.3. The summed E-state index contributed by atoms with van der Waals surface area (Å²) in [6.45, 7) is 16.4. The molecular weight excluding hydrogens is 462 g/mol. The number of amides is 3. The number of aryl methyl sites for hydroxylation is 1. The van der Waals surface area contributed by atoms with Crippen molar-refractivity contribution in [3.63, 3.8) is 0 Å². The van der Waals surface area contributed by atoms with Gasteiger partial charge in [0.2, 0.25) is 11.8 Å². The third-order valence-corrected chi connectivity index (χ3v) is 5.66. The maximum absolute atomic E-state index is 13.8. The minimum Gasteiger partial charge on any atom is -0.466 e. The number of ether oxygens (including phenoxy) is 2. The van der Waals surface area contributed by atoms with Gasteiger partial charge in [0.1, 0.15) is 17.7 Å². The number of hydrogen-bond donors (Lipinski definition) is 2. The SMILES string of the molecule is CCOC(=O)CCNC(=O)C(c1cccc(C)c1)N(C(=O)C(C)NC(=O)OC(C)(C)C)C(C)(C)CC. The van der Waals surface area contributed by atoms with Crippen molar-refractivity contribution in [3.8, 4) is 0 Å². The lowest BCUT2D eigenvalue weighted by atomic mass is 9.91. The van der Waals surface area contributed by atoms with E-state index in [-0.39, 0.29) is 19.6 Å². The van der Waals surface area contributed by atoms with Crippen LogP contribution in [0.2, 0.25) is 0 Å². The van der Waals surface area contributed by atoms with Crippen molar-refractivity contribution in [2.75, 3.05) is 13.2 Å². The van der Waals surface area contributed by atoms with Gasteiger partial charge in [0, 0.05) is 12.1 Å². The normalized spacial score (nSPS) is 13.2. The number of esters is 1. The highest BCUT2D eigenvalue weighted by Crippen LogP contribution is 2.32. The molecule has 0 aliphatic heterocycles. The van der Waals surface area contributed by atoms with Gasteiger partial charge in [-0.05, 0) is 67.4 Å². The number of nitrogens with zero attached hydrogens (tertiary/aromatic N) is 1. The van der Waals surface area contributed by atoms with Crippen molar-refractivity contribution >= 4 is 23.9 Å². The molecule has 0 radical (unpaired) electrons. The number of carbonyl (C=O) groups is 4. The Bertz CT molecular complexity index is 922. The first kappa shape index (κ1) is 30.9. The van der Waals surface area contributed by atoms with Gasteiger partial charge in [0.05, 0.1) is 13.0 Å². The van der Waals surface area contributed by atoms with Crippen LogP contribution in [0, 0.1) is 6.92 Å². The van der Waals surface area contributed by atoms with Gasteiger partial charge in [0.25, 0.3) is 0 Å². The van der Waals surface area contributed by atoms with Crippen molar-refractivity contribution in [1.29, 1.82) is 0 Å². The molecule has 2 unspecified atom stereocenters. The number of alkyl carbamates (subject to hydrolysis) is 1. The molecule has 0 spiro atoms. The quantitative estimate of drug-likeness (QED) is 0.439. The highest BCUT2D eigenvalue weighted by molar-refractivity contribution is 5.92. The Morgan fingerprint density at radius 3 is 2.22 bits per heavy atom. The van der Waals surface area contributed by atoms with Crippen LogP contribution in [-0.2, 0) is 23.9 Å².